The fourth-order valence-corrected chi connectivity index (χ4v) is 0.751. The molecule has 66 valence electrons. The summed E-state index contributed by atoms with van der Waals surface area (Å²) >= 11 is 3.47. The second-order valence-electron chi connectivity index (χ2n) is 1.94. The van der Waals surface area contributed by atoms with Gasteiger partial charge in [0.25, 0.3) is 0 Å². The SMILES string of the molecule is C/C=C\C(C)=C(/Br)CC.CC. The highest BCUT2D eigenvalue weighted by Crippen LogP contribution is 2.15. The van der Waals surface area contributed by atoms with Crippen molar-refractivity contribution in [1.29, 1.82) is 0 Å². The fourth-order valence-electron chi connectivity index (χ4n) is 0.619. The van der Waals surface area contributed by atoms with Crippen molar-refractivity contribution in [2.24, 2.45) is 0 Å². The minimum absolute atomic E-state index is 1.08. The van der Waals surface area contributed by atoms with Crippen LogP contribution in [0.25, 0.3) is 0 Å². The highest BCUT2D eigenvalue weighted by molar-refractivity contribution is 9.11. The van der Waals surface area contributed by atoms with Crippen molar-refractivity contribution in [1.82, 2.24) is 0 Å². The number of hydrogen-bond acceptors (Lipinski definition) is 0. The standard InChI is InChI=1S/C8H13Br.C2H6/c1-4-6-7(3)8(9)5-2;1-2/h4,6H,5H2,1-3H3;1-2H3/b6-4-,8-7-;. The first-order chi connectivity index (χ1) is 5.22. The number of rotatable bonds is 2. The number of halogens is 1. The Labute approximate surface area is 79.5 Å². The summed E-state index contributed by atoms with van der Waals surface area (Å²) in [6.07, 6.45) is 5.23. The predicted octanol–water partition coefficient (Wildman–Crippen LogP) is 4.67. The first kappa shape index (κ1) is 13.5. The molecule has 0 bridgehead atoms. The van der Waals surface area contributed by atoms with Crippen molar-refractivity contribution in [2.75, 3.05) is 0 Å². The van der Waals surface area contributed by atoms with E-state index in [1.807, 2.05) is 26.8 Å². The second-order valence-corrected chi connectivity index (χ2v) is 2.90. The Bertz CT molecular complexity index is 132. The minimum Gasteiger partial charge on any atom is -0.0874 e. The number of allylic oxidation sites excluding steroid dienone is 4. The highest BCUT2D eigenvalue weighted by atomic mass is 79.9. The van der Waals surface area contributed by atoms with E-state index in [-0.39, 0.29) is 0 Å². The van der Waals surface area contributed by atoms with Crippen LogP contribution in [0.15, 0.2) is 22.2 Å². The Balaban J connectivity index is 0. The Kier molecular flexibility index (Phi) is 12.3. The van der Waals surface area contributed by atoms with Gasteiger partial charge in [-0.2, -0.15) is 0 Å². The fraction of sp³-hybridized carbons (Fsp3) is 0.600. The lowest BCUT2D eigenvalue weighted by Crippen LogP contribution is -1.72. The van der Waals surface area contributed by atoms with Gasteiger partial charge in [0.05, 0.1) is 0 Å². The van der Waals surface area contributed by atoms with Gasteiger partial charge in [-0.25, -0.2) is 0 Å². The molecule has 0 aromatic rings. The van der Waals surface area contributed by atoms with Gasteiger partial charge in [0.15, 0.2) is 0 Å². The molecule has 0 nitrogen and oxygen atoms in total. The van der Waals surface area contributed by atoms with E-state index in [1.165, 1.54) is 10.1 Å². The normalized spacial score (nSPS) is 12.2. The van der Waals surface area contributed by atoms with E-state index in [2.05, 4.69) is 35.9 Å². The maximum absolute atomic E-state index is 3.47. The molecule has 0 rings (SSSR count). The summed E-state index contributed by atoms with van der Waals surface area (Å²) in [6, 6.07) is 0. The second kappa shape index (κ2) is 9.96. The van der Waals surface area contributed by atoms with Crippen molar-refractivity contribution in [3.63, 3.8) is 0 Å². The average Bonchev–Trinajstić information content (AvgIpc) is 2.07. The summed E-state index contributed by atoms with van der Waals surface area (Å²) in [5, 5.41) is 0. The molecule has 0 aliphatic heterocycles. The minimum atomic E-state index is 1.08. The molecule has 0 atom stereocenters. The van der Waals surface area contributed by atoms with E-state index in [9.17, 15) is 0 Å². The van der Waals surface area contributed by atoms with Crippen LogP contribution >= 0.6 is 15.9 Å². The lowest BCUT2D eigenvalue weighted by Gasteiger charge is -1.95. The van der Waals surface area contributed by atoms with Crippen molar-refractivity contribution < 1.29 is 0 Å². The summed E-state index contributed by atoms with van der Waals surface area (Å²) < 4.78 is 1.29. The summed E-state index contributed by atoms with van der Waals surface area (Å²) in [5.74, 6) is 0. The first-order valence-electron chi connectivity index (χ1n) is 4.20. The molecule has 0 saturated carbocycles. The molecule has 0 aromatic carbocycles. The molecule has 0 fully saturated rings. The van der Waals surface area contributed by atoms with Gasteiger partial charge in [-0.3, -0.25) is 0 Å². The van der Waals surface area contributed by atoms with Crippen LogP contribution in [0.2, 0.25) is 0 Å². The van der Waals surface area contributed by atoms with Gasteiger partial charge < -0.3 is 0 Å². The Morgan fingerprint density at radius 1 is 1.36 bits per heavy atom. The van der Waals surface area contributed by atoms with Crippen LogP contribution in [0.5, 0.6) is 0 Å². The predicted molar refractivity (Wildman–Crippen MR) is 58.1 cm³/mol. The van der Waals surface area contributed by atoms with Gasteiger partial charge in [0.2, 0.25) is 0 Å². The third kappa shape index (κ3) is 7.86. The van der Waals surface area contributed by atoms with E-state index in [0.29, 0.717) is 0 Å². The van der Waals surface area contributed by atoms with E-state index >= 15 is 0 Å². The average molecular weight is 219 g/mol. The summed E-state index contributed by atoms with van der Waals surface area (Å²) in [7, 11) is 0. The first-order valence-corrected chi connectivity index (χ1v) is 4.99. The Morgan fingerprint density at radius 2 is 1.82 bits per heavy atom. The summed E-state index contributed by atoms with van der Waals surface area (Å²) in [4.78, 5) is 0. The molecule has 0 N–H and O–H groups in total. The molecule has 0 unspecified atom stereocenters. The molecule has 0 aliphatic rings. The summed E-state index contributed by atoms with van der Waals surface area (Å²) in [6.45, 7) is 10.3. The zero-order valence-corrected chi connectivity index (χ0v) is 9.83. The quantitative estimate of drug-likeness (QED) is 0.592. The molecule has 0 radical (unpaired) electrons. The van der Waals surface area contributed by atoms with Crippen molar-refractivity contribution in [3.05, 3.63) is 22.2 Å². The molecule has 1 heteroatoms. The zero-order valence-electron chi connectivity index (χ0n) is 8.24. The molecule has 11 heavy (non-hydrogen) atoms. The van der Waals surface area contributed by atoms with Gasteiger partial charge in [-0.15, -0.1) is 0 Å². The van der Waals surface area contributed by atoms with Crippen molar-refractivity contribution >= 4 is 15.9 Å². The van der Waals surface area contributed by atoms with Crippen molar-refractivity contribution in [3.8, 4) is 0 Å². The monoisotopic (exact) mass is 218 g/mol. The molecule has 0 heterocycles. The summed E-state index contributed by atoms with van der Waals surface area (Å²) in [5.41, 5.74) is 1.32. The zero-order chi connectivity index (χ0) is 9.28. The van der Waals surface area contributed by atoms with Crippen LogP contribution in [0.4, 0.5) is 0 Å². The molecule has 0 aliphatic carbocycles. The van der Waals surface area contributed by atoms with Crippen LogP contribution in [0, 0.1) is 0 Å². The third-order valence-electron chi connectivity index (χ3n) is 1.15. The molecular weight excluding hydrogens is 200 g/mol. The third-order valence-corrected chi connectivity index (χ3v) is 2.34. The van der Waals surface area contributed by atoms with E-state index in [1.54, 1.807) is 0 Å². The van der Waals surface area contributed by atoms with Crippen molar-refractivity contribution in [2.45, 2.75) is 41.0 Å². The van der Waals surface area contributed by atoms with Crippen LogP contribution in [0.3, 0.4) is 0 Å². The maximum Gasteiger partial charge on any atom is -0.00230 e. The molecule has 0 saturated heterocycles. The Morgan fingerprint density at radius 3 is 2.09 bits per heavy atom. The van der Waals surface area contributed by atoms with Crippen LogP contribution in [-0.4, -0.2) is 0 Å². The van der Waals surface area contributed by atoms with Crippen LogP contribution < -0.4 is 0 Å². The molecule has 0 aromatic heterocycles. The number of hydrogen-bond donors (Lipinski definition) is 0. The molecular formula is C10H19Br. The van der Waals surface area contributed by atoms with E-state index in [0.717, 1.165) is 6.42 Å². The van der Waals surface area contributed by atoms with Crippen LogP contribution in [-0.2, 0) is 0 Å². The van der Waals surface area contributed by atoms with Crippen LogP contribution in [0.1, 0.15) is 41.0 Å². The largest absolute Gasteiger partial charge is 0.0874 e. The Hall–Kier alpha value is -0.0400. The molecule has 0 amide bonds. The lowest BCUT2D eigenvalue weighted by atomic mass is 10.2. The smallest absolute Gasteiger partial charge is 0.00230 e. The van der Waals surface area contributed by atoms with Gasteiger partial charge in [-0.05, 0) is 30.3 Å². The van der Waals surface area contributed by atoms with Gasteiger partial charge in [0.1, 0.15) is 0 Å². The van der Waals surface area contributed by atoms with E-state index in [4.69, 9.17) is 0 Å². The van der Waals surface area contributed by atoms with Gasteiger partial charge in [-0.1, -0.05) is 48.9 Å². The maximum atomic E-state index is 3.47. The van der Waals surface area contributed by atoms with Gasteiger partial charge in [0, 0.05) is 0 Å². The van der Waals surface area contributed by atoms with E-state index < -0.39 is 0 Å². The highest BCUT2D eigenvalue weighted by Gasteiger charge is 1.88. The molecule has 0 spiro atoms. The topological polar surface area (TPSA) is 0 Å². The lowest BCUT2D eigenvalue weighted by molar-refractivity contribution is 1.18. The van der Waals surface area contributed by atoms with Gasteiger partial charge >= 0.3 is 0 Å².